The summed E-state index contributed by atoms with van der Waals surface area (Å²) in [5.74, 6) is 0.770. The number of aryl methyl sites for hydroxylation is 3. The molecule has 0 saturated heterocycles. The number of nitrogens with zero attached hydrogens (tertiary/aromatic N) is 4. The van der Waals surface area contributed by atoms with Crippen molar-refractivity contribution in [3.63, 3.8) is 0 Å². The lowest BCUT2D eigenvalue weighted by molar-refractivity contribution is 0.691. The van der Waals surface area contributed by atoms with E-state index in [9.17, 15) is 0 Å². The first-order valence-electron chi connectivity index (χ1n) is 5.72. The molecule has 0 atom stereocenters. The fraction of sp³-hybridized carbons (Fsp3) is 0.417. The van der Waals surface area contributed by atoms with Crippen LogP contribution in [0.15, 0.2) is 16.1 Å². The van der Waals surface area contributed by atoms with Gasteiger partial charge in [0.1, 0.15) is 21.0 Å². The normalized spacial score (nSPS) is 10.9. The SMILES string of the molecule is CCc1nc(Cl)c(C)c(Sc2cc(C)nn2C)n1. The maximum absolute atomic E-state index is 6.12. The first kappa shape index (κ1) is 13.4. The molecule has 2 aromatic heterocycles. The van der Waals surface area contributed by atoms with Crippen molar-refractivity contribution in [2.75, 3.05) is 0 Å². The molecule has 0 aliphatic carbocycles. The summed E-state index contributed by atoms with van der Waals surface area (Å²) in [6, 6.07) is 2.03. The van der Waals surface area contributed by atoms with Crippen molar-refractivity contribution in [1.82, 2.24) is 19.7 Å². The molecule has 96 valence electrons. The van der Waals surface area contributed by atoms with E-state index in [1.165, 1.54) is 0 Å². The predicted octanol–water partition coefficient (Wildman–Crippen LogP) is 3.19. The molecule has 0 N–H and O–H groups in total. The third-order valence-electron chi connectivity index (χ3n) is 2.56. The van der Waals surface area contributed by atoms with Crippen molar-refractivity contribution in [2.45, 2.75) is 37.2 Å². The Morgan fingerprint density at radius 3 is 2.61 bits per heavy atom. The summed E-state index contributed by atoms with van der Waals surface area (Å²) in [6.45, 7) is 5.93. The molecule has 0 aliphatic rings. The fourth-order valence-corrected chi connectivity index (χ4v) is 2.79. The van der Waals surface area contributed by atoms with Crippen molar-refractivity contribution in [3.05, 3.63) is 28.3 Å². The Morgan fingerprint density at radius 1 is 1.33 bits per heavy atom. The first-order chi connectivity index (χ1) is 8.51. The van der Waals surface area contributed by atoms with E-state index in [1.54, 1.807) is 11.8 Å². The predicted molar refractivity (Wildman–Crippen MR) is 73.2 cm³/mol. The van der Waals surface area contributed by atoms with Gasteiger partial charge >= 0.3 is 0 Å². The molecule has 0 aromatic carbocycles. The van der Waals surface area contributed by atoms with Crippen LogP contribution in [0.2, 0.25) is 5.15 Å². The Kier molecular flexibility index (Phi) is 3.92. The Hall–Kier alpha value is -1.07. The second kappa shape index (κ2) is 5.28. The van der Waals surface area contributed by atoms with Gasteiger partial charge in [-0.25, -0.2) is 9.97 Å². The Balaban J connectivity index is 2.39. The summed E-state index contributed by atoms with van der Waals surface area (Å²) in [5.41, 5.74) is 1.91. The maximum atomic E-state index is 6.12. The third-order valence-corrected chi connectivity index (χ3v) is 4.11. The molecule has 0 fully saturated rings. The van der Waals surface area contributed by atoms with E-state index in [2.05, 4.69) is 15.1 Å². The highest BCUT2D eigenvalue weighted by Gasteiger charge is 2.12. The van der Waals surface area contributed by atoms with Gasteiger partial charge in [0.2, 0.25) is 0 Å². The van der Waals surface area contributed by atoms with E-state index in [-0.39, 0.29) is 0 Å². The highest BCUT2D eigenvalue weighted by Crippen LogP contribution is 2.31. The summed E-state index contributed by atoms with van der Waals surface area (Å²) in [6.07, 6.45) is 0.776. The molecule has 2 heterocycles. The van der Waals surface area contributed by atoms with Crippen LogP contribution in [-0.4, -0.2) is 19.7 Å². The average Bonchev–Trinajstić information content (AvgIpc) is 2.63. The van der Waals surface area contributed by atoms with Crippen LogP contribution in [0, 0.1) is 13.8 Å². The standard InChI is InChI=1S/C12H15ClN4S/c1-5-9-14-11(13)8(3)12(15-9)18-10-6-7(2)16-17(10)4/h6H,5H2,1-4H3. The zero-order valence-electron chi connectivity index (χ0n) is 10.9. The molecule has 0 amide bonds. The van der Waals surface area contributed by atoms with Gasteiger partial charge in [-0.05, 0) is 31.7 Å². The van der Waals surface area contributed by atoms with Crippen LogP contribution in [0.25, 0.3) is 0 Å². The summed E-state index contributed by atoms with van der Waals surface area (Å²) in [4.78, 5) is 8.76. The molecule has 0 bridgehead atoms. The molecular weight excluding hydrogens is 268 g/mol. The van der Waals surface area contributed by atoms with Gasteiger partial charge in [-0.1, -0.05) is 18.5 Å². The number of hydrogen-bond acceptors (Lipinski definition) is 4. The molecule has 18 heavy (non-hydrogen) atoms. The minimum absolute atomic E-state index is 0.531. The molecule has 0 radical (unpaired) electrons. The summed E-state index contributed by atoms with van der Waals surface area (Å²) in [5, 5.41) is 6.80. The van der Waals surface area contributed by atoms with Gasteiger partial charge in [-0.3, -0.25) is 4.68 Å². The zero-order chi connectivity index (χ0) is 13.3. The second-order valence-corrected chi connectivity index (χ2v) is 5.43. The largest absolute Gasteiger partial charge is 0.261 e. The van der Waals surface area contributed by atoms with Crippen molar-refractivity contribution >= 4 is 23.4 Å². The number of rotatable bonds is 3. The number of halogens is 1. The smallest absolute Gasteiger partial charge is 0.136 e. The van der Waals surface area contributed by atoms with Gasteiger partial charge < -0.3 is 0 Å². The lowest BCUT2D eigenvalue weighted by Crippen LogP contribution is -1.99. The summed E-state index contributed by atoms with van der Waals surface area (Å²) >= 11 is 7.69. The number of aromatic nitrogens is 4. The van der Waals surface area contributed by atoms with Gasteiger partial charge in [0.05, 0.1) is 5.69 Å². The lowest BCUT2D eigenvalue weighted by Gasteiger charge is -2.07. The monoisotopic (exact) mass is 282 g/mol. The Morgan fingerprint density at radius 2 is 2.06 bits per heavy atom. The van der Waals surface area contributed by atoms with E-state index >= 15 is 0 Å². The third kappa shape index (κ3) is 2.67. The maximum Gasteiger partial charge on any atom is 0.136 e. The van der Waals surface area contributed by atoms with Crippen LogP contribution >= 0.6 is 23.4 Å². The van der Waals surface area contributed by atoms with Crippen LogP contribution in [0.1, 0.15) is 24.0 Å². The van der Waals surface area contributed by atoms with Crippen molar-refractivity contribution in [1.29, 1.82) is 0 Å². The lowest BCUT2D eigenvalue weighted by atomic mass is 10.3. The van der Waals surface area contributed by atoms with Crippen LogP contribution in [0.4, 0.5) is 0 Å². The molecule has 2 rings (SSSR count). The number of hydrogen-bond donors (Lipinski definition) is 0. The minimum atomic E-state index is 0.531. The van der Waals surface area contributed by atoms with Crippen LogP contribution in [0.5, 0.6) is 0 Å². The topological polar surface area (TPSA) is 43.6 Å². The highest BCUT2D eigenvalue weighted by atomic mass is 35.5. The van der Waals surface area contributed by atoms with E-state index in [4.69, 9.17) is 11.6 Å². The molecule has 6 heteroatoms. The molecule has 0 spiro atoms. The second-order valence-electron chi connectivity index (χ2n) is 4.06. The van der Waals surface area contributed by atoms with Crippen LogP contribution in [0.3, 0.4) is 0 Å². The van der Waals surface area contributed by atoms with Gasteiger partial charge in [0, 0.05) is 19.0 Å². The van der Waals surface area contributed by atoms with E-state index in [0.717, 1.165) is 33.6 Å². The zero-order valence-corrected chi connectivity index (χ0v) is 12.4. The van der Waals surface area contributed by atoms with Crippen LogP contribution < -0.4 is 0 Å². The molecular formula is C12H15ClN4S. The van der Waals surface area contributed by atoms with E-state index in [0.29, 0.717) is 5.15 Å². The molecule has 0 unspecified atom stereocenters. The van der Waals surface area contributed by atoms with Gasteiger partial charge in [0.15, 0.2) is 0 Å². The Labute approximate surface area is 116 Å². The summed E-state index contributed by atoms with van der Waals surface area (Å²) in [7, 11) is 1.92. The van der Waals surface area contributed by atoms with Crippen molar-refractivity contribution in [2.24, 2.45) is 7.05 Å². The van der Waals surface area contributed by atoms with Gasteiger partial charge in [-0.15, -0.1) is 0 Å². The van der Waals surface area contributed by atoms with Crippen molar-refractivity contribution < 1.29 is 0 Å². The summed E-state index contributed by atoms with van der Waals surface area (Å²) < 4.78 is 1.85. The van der Waals surface area contributed by atoms with Crippen molar-refractivity contribution in [3.8, 4) is 0 Å². The molecule has 0 saturated carbocycles. The highest BCUT2D eigenvalue weighted by molar-refractivity contribution is 7.99. The quantitative estimate of drug-likeness (QED) is 0.811. The Bertz CT molecular complexity index is 580. The first-order valence-corrected chi connectivity index (χ1v) is 6.92. The van der Waals surface area contributed by atoms with Crippen LogP contribution in [-0.2, 0) is 13.5 Å². The molecule has 4 nitrogen and oxygen atoms in total. The van der Waals surface area contributed by atoms with Gasteiger partial charge in [0.25, 0.3) is 0 Å². The average molecular weight is 283 g/mol. The molecule has 2 aromatic rings. The fourth-order valence-electron chi connectivity index (χ4n) is 1.55. The van der Waals surface area contributed by atoms with Gasteiger partial charge in [-0.2, -0.15) is 5.10 Å². The van der Waals surface area contributed by atoms with E-state index in [1.807, 2.05) is 38.6 Å². The minimum Gasteiger partial charge on any atom is -0.261 e. The molecule has 0 aliphatic heterocycles. The van der Waals surface area contributed by atoms with E-state index < -0.39 is 0 Å².